The summed E-state index contributed by atoms with van der Waals surface area (Å²) in [5.74, 6) is -1.39. The number of Topliss-reactive ketones (excluding diaryl/α,β-unsaturated/α-hetero) is 1. The summed E-state index contributed by atoms with van der Waals surface area (Å²) in [6.45, 7) is 3.45. The quantitative estimate of drug-likeness (QED) is 0.285. The van der Waals surface area contributed by atoms with Crippen molar-refractivity contribution in [2.24, 2.45) is 0 Å². The molecule has 8 nitrogen and oxygen atoms in total. The standard InChI is InChI=1S/C25H27N3O5/c1-3-4-5-8-15-28-24(31)21-10-7-6-9-20(21)23(27-28)25(32)33-16-22(30)26-19-13-11-18(12-14-19)17(2)29/h6-7,9-14H,3-5,8,15-16H2,1-2H3,(H,26,30). The molecular weight excluding hydrogens is 422 g/mol. The number of esters is 1. The van der Waals surface area contributed by atoms with Gasteiger partial charge in [-0.1, -0.05) is 44.4 Å². The number of carbonyl (C=O) groups is 3. The predicted molar refractivity (Wildman–Crippen MR) is 126 cm³/mol. The first kappa shape index (κ1) is 23.8. The maximum absolute atomic E-state index is 12.8. The third-order valence-corrected chi connectivity index (χ3v) is 5.19. The molecule has 3 aromatic rings. The molecular formula is C25H27N3O5. The number of nitrogens with one attached hydrogen (secondary N) is 1. The zero-order valence-corrected chi connectivity index (χ0v) is 18.8. The number of hydrogen-bond acceptors (Lipinski definition) is 6. The van der Waals surface area contributed by atoms with Crippen molar-refractivity contribution in [2.75, 3.05) is 11.9 Å². The van der Waals surface area contributed by atoms with E-state index in [1.165, 1.54) is 11.6 Å². The highest BCUT2D eigenvalue weighted by Gasteiger charge is 2.19. The largest absolute Gasteiger partial charge is 0.451 e. The summed E-state index contributed by atoms with van der Waals surface area (Å²) in [7, 11) is 0. The Morgan fingerprint density at radius 2 is 1.67 bits per heavy atom. The van der Waals surface area contributed by atoms with Crippen molar-refractivity contribution in [3.8, 4) is 0 Å². The number of rotatable bonds is 10. The first-order chi connectivity index (χ1) is 15.9. The third kappa shape index (κ3) is 6.12. The Morgan fingerprint density at radius 1 is 0.970 bits per heavy atom. The van der Waals surface area contributed by atoms with Crippen LogP contribution in [0.15, 0.2) is 53.3 Å². The van der Waals surface area contributed by atoms with Crippen molar-refractivity contribution in [3.05, 3.63) is 70.1 Å². The lowest BCUT2D eigenvalue weighted by molar-refractivity contribution is -0.119. The molecule has 1 heterocycles. The molecule has 0 aliphatic rings. The summed E-state index contributed by atoms with van der Waals surface area (Å²) in [5.41, 5.74) is 0.747. The normalized spacial score (nSPS) is 10.7. The van der Waals surface area contributed by atoms with Gasteiger partial charge < -0.3 is 10.1 Å². The minimum atomic E-state index is -0.782. The third-order valence-electron chi connectivity index (χ3n) is 5.19. The summed E-state index contributed by atoms with van der Waals surface area (Å²) in [6.07, 6.45) is 3.87. The molecule has 0 saturated heterocycles. The molecule has 33 heavy (non-hydrogen) atoms. The van der Waals surface area contributed by atoms with Gasteiger partial charge in [0.1, 0.15) is 0 Å². The minimum absolute atomic E-state index is 0.000646. The molecule has 1 aromatic heterocycles. The van der Waals surface area contributed by atoms with Crippen LogP contribution in [0.1, 0.15) is 60.4 Å². The van der Waals surface area contributed by atoms with Gasteiger partial charge in [-0.25, -0.2) is 9.48 Å². The maximum Gasteiger partial charge on any atom is 0.359 e. The van der Waals surface area contributed by atoms with E-state index in [1.54, 1.807) is 48.5 Å². The Bertz CT molecular complexity index is 1210. The van der Waals surface area contributed by atoms with Gasteiger partial charge >= 0.3 is 5.97 Å². The number of aryl methyl sites for hydroxylation is 1. The van der Waals surface area contributed by atoms with Gasteiger partial charge in [-0.05, 0) is 43.7 Å². The lowest BCUT2D eigenvalue weighted by Gasteiger charge is -2.11. The average Bonchev–Trinajstić information content (AvgIpc) is 2.82. The molecule has 8 heteroatoms. The molecule has 3 rings (SSSR count). The molecule has 1 N–H and O–H groups in total. The predicted octanol–water partition coefficient (Wildman–Crippen LogP) is 3.97. The van der Waals surface area contributed by atoms with Crippen LogP contribution < -0.4 is 10.9 Å². The molecule has 0 saturated carbocycles. The molecule has 172 valence electrons. The summed E-state index contributed by atoms with van der Waals surface area (Å²) in [4.78, 5) is 49.1. The van der Waals surface area contributed by atoms with E-state index in [1.807, 2.05) is 0 Å². The first-order valence-electron chi connectivity index (χ1n) is 11.0. The fourth-order valence-electron chi connectivity index (χ4n) is 3.41. The summed E-state index contributed by atoms with van der Waals surface area (Å²) >= 11 is 0. The Labute approximate surface area is 191 Å². The van der Waals surface area contributed by atoms with Gasteiger partial charge in [-0.3, -0.25) is 14.4 Å². The number of ketones is 1. The number of hydrogen-bond donors (Lipinski definition) is 1. The number of nitrogens with zero attached hydrogens (tertiary/aromatic N) is 2. The molecule has 0 radical (unpaired) electrons. The van der Waals surface area contributed by atoms with Gasteiger partial charge in [-0.2, -0.15) is 5.10 Å². The molecule has 0 atom stereocenters. The van der Waals surface area contributed by atoms with E-state index in [2.05, 4.69) is 17.3 Å². The van der Waals surface area contributed by atoms with Crippen LogP contribution in [0.4, 0.5) is 5.69 Å². The van der Waals surface area contributed by atoms with Gasteiger partial charge in [0.05, 0.1) is 5.39 Å². The maximum atomic E-state index is 12.8. The van der Waals surface area contributed by atoms with E-state index in [-0.39, 0.29) is 17.0 Å². The van der Waals surface area contributed by atoms with Crippen molar-refractivity contribution in [3.63, 3.8) is 0 Å². The second kappa shape index (κ2) is 11.2. The van der Waals surface area contributed by atoms with Gasteiger partial charge in [0.2, 0.25) is 0 Å². The molecule has 1 amide bonds. The molecule has 0 fully saturated rings. The highest BCUT2D eigenvalue weighted by molar-refractivity contribution is 6.03. The van der Waals surface area contributed by atoms with E-state index in [9.17, 15) is 19.2 Å². The number of amides is 1. The van der Waals surface area contributed by atoms with Crippen LogP contribution in [0.25, 0.3) is 10.8 Å². The number of ether oxygens (including phenoxy) is 1. The van der Waals surface area contributed by atoms with Gasteiger partial charge in [0.25, 0.3) is 11.5 Å². The zero-order valence-electron chi connectivity index (χ0n) is 18.8. The van der Waals surface area contributed by atoms with Gasteiger partial charge in [0, 0.05) is 23.2 Å². The molecule has 0 aliphatic heterocycles. The SMILES string of the molecule is CCCCCCn1nc(C(=O)OCC(=O)Nc2ccc(C(C)=O)cc2)c2ccccc2c1=O. The van der Waals surface area contributed by atoms with Crippen LogP contribution in [0.5, 0.6) is 0 Å². The lowest BCUT2D eigenvalue weighted by Crippen LogP contribution is -2.28. The molecule has 0 bridgehead atoms. The topological polar surface area (TPSA) is 107 Å². The van der Waals surface area contributed by atoms with Crippen molar-refractivity contribution < 1.29 is 19.1 Å². The van der Waals surface area contributed by atoms with Crippen molar-refractivity contribution in [1.82, 2.24) is 9.78 Å². The Kier molecular flexibility index (Phi) is 8.07. The number of fused-ring (bicyclic) bond motifs is 1. The van der Waals surface area contributed by atoms with E-state index in [0.29, 0.717) is 28.6 Å². The Hall–Kier alpha value is -3.81. The number of benzene rings is 2. The van der Waals surface area contributed by atoms with Crippen LogP contribution in [0.3, 0.4) is 0 Å². The number of unbranched alkanes of at least 4 members (excludes halogenated alkanes) is 3. The van der Waals surface area contributed by atoms with E-state index < -0.39 is 18.5 Å². The zero-order chi connectivity index (χ0) is 23.8. The first-order valence-corrected chi connectivity index (χ1v) is 11.0. The minimum Gasteiger partial charge on any atom is -0.451 e. The highest BCUT2D eigenvalue weighted by Crippen LogP contribution is 2.15. The van der Waals surface area contributed by atoms with Crippen molar-refractivity contribution >= 4 is 34.1 Å². The fourth-order valence-corrected chi connectivity index (χ4v) is 3.41. The average molecular weight is 450 g/mol. The van der Waals surface area contributed by atoms with E-state index >= 15 is 0 Å². The summed E-state index contributed by atoms with van der Waals surface area (Å²) in [5, 5.41) is 7.63. The van der Waals surface area contributed by atoms with Crippen LogP contribution in [0, 0.1) is 0 Å². The van der Waals surface area contributed by atoms with Gasteiger partial charge in [0.15, 0.2) is 18.1 Å². The van der Waals surface area contributed by atoms with Crippen molar-refractivity contribution in [1.29, 1.82) is 0 Å². The van der Waals surface area contributed by atoms with E-state index in [4.69, 9.17) is 4.74 Å². The second-order valence-corrected chi connectivity index (χ2v) is 7.74. The van der Waals surface area contributed by atoms with E-state index in [0.717, 1.165) is 25.7 Å². The monoisotopic (exact) mass is 449 g/mol. The lowest BCUT2D eigenvalue weighted by atomic mass is 10.1. The fraction of sp³-hybridized carbons (Fsp3) is 0.320. The van der Waals surface area contributed by atoms with Gasteiger partial charge in [-0.15, -0.1) is 0 Å². The number of anilines is 1. The second-order valence-electron chi connectivity index (χ2n) is 7.74. The highest BCUT2D eigenvalue weighted by atomic mass is 16.5. The van der Waals surface area contributed by atoms with Crippen molar-refractivity contribution in [2.45, 2.75) is 46.1 Å². The number of aromatic nitrogens is 2. The molecule has 0 aliphatic carbocycles. The molecule has 0 unspecified atom stereocenters. The Balaban J connectivity index is 1.71. The summed E-state index contributed by atoms with van der Waals surface area (Å²) in [6, 6.07) is 13.1. The van der Waals surface area contributed by atoms with Crippen LogP contribution in [0.2, 0.25) is 0 Å². The van der Waals surface area contributed by atoms with Crippen LogP contribution >= 0.6 is 0 Å². The Morgan fingerprint density at radius 3 is 2.33 bits per heavy atom. The van der Waals surface area contributed by atoms with Crippen LogP contribution in [-0.2, 0) is 16.1 Å². The molecule has 0 spiro atoms. The number of carbonyl (C=O) groups excluding carboxylic acids is 3. The smallest absolute Gasteiger partial charge is 0.359 e. The van der Waals surface area contributed by atoms with Crippen LogP contribution in [-0.4, -0.2) is 34.0 Å². The molecule has 2 aromatic carbocycles. The summed E-state index contributed by atoms with van der Waals surface area (Å²) < 4.78 is 6.48.